The second-order valence-corrected chi connectivity index (χ2v) is 4.21. The van der Waals surface area contributed by atoms with Crippen LogP contribution in [0.15, 0.2) is 66.6 Å². The molecule has 1 aliphatic heterocycles. The van der Waals surface area contributed by atoms with E-state index in [2.05, 4.69) is 33.8 Å². The van der Waals surface area contributed by atoms with Gasteiger partial charge >= 0.3 is 0 Å². The maximum absolute atomic E-state index is 11.3. The van der Waals surface area contributed by atoms with E-state index in [4.69, 9.17) is 0 Å². The highest BCUT2D eigenvalue weighted by Gasteiger charge is 2.24. The van der Waals surface area contributed by atoms with E-state index in [1.54, 1.807) is 24.3 Å². The minimum atomic E-state index is -0.294. The first-order valence-electron chi connectivity index (χ1n) is 5.29. The summed E-state index contributed by atoms with van der Waals surface area (Å²) in [5.41, 5.74) is 0.591. The lowest BCUT2D eigenvalue weighted by atomic mass is 10.3. The molecule has 1 aliphatic rings. The Balaban J connectivity index is 0.000000312. The van der Waals surface area contributed by atoms with Crippen LogP contribution in [-0.4, -0.2) is 11.8 Å². The van der Waals surface area contributed by atoms with E-state index in [0.29, 0.717) is 5.69 Å². The molecular weight excluding hydrogens is 310 g/mol. The fourth-order valence-corrected chi connectivity index (χ4v) is 1.58. The van der Waals surface area contributed by atoms with Crippen molar-refractivity contribution in [2.45, 2.75) is 0 Å². The van der Waals surface area contributed by atoms with Crippen molar-refractivity contribution in [2.75, 3.05) is 4.90 Å². The molecule has 19 heavy (non-hydrogen) atoms. The number of ether oxygens (including phenoxy) is 1. The van der Waals surface area contributed by atoms with E-state index in [1.807, 2.05) is 0 Å². The van der Waals surface area contributed by atoms with Gasteiger partial charge in [0.1, 0.15) is 0 Å². The first kappa shape index (κ1) is 14.9. The topological polar surface area (TPSA) is 46.6 Å². The molecule has 0 radical (unpaired) electrons. The van der Waals surface area contributed by atoms with Crippen molar-refractivity contribution >= 4 is 33.4 Å². The van der Waals surface area contributed by atoms with Crippen LogP contribution in [-0.2, 0) is 14.3 Å². The van der Waals surface area contributed by atoms with Crippen LogP contribution in [0, 0.1) is 0 Å². The highest BCUT2D eigenvalue weighted by molar-refractivity contribution is 9.10. The van der Waals surface area contributed by atoms with Crippen LogP contribution in [0.1, 0.15) is 0 Å². The predicted octanol–water partition coefficient (Wildman–Crippen LogP) is 3.17. The van der Waals surface area contributed by atoms with E-state index in [0.717, 1.165) is 9.37 Å². The number of carbonyl (C=O) groups excluding carboxylic acids is 2. The number of amides is 2. The molecule has 98 valence electrons. The van der Waals surface area contributed by atoms with Gasteiger partial charge in [0.05, 0.1) is 18.2 Å². The molecular formula is C14H12BrNO3. The Morgan fingerprint density at radius 2 is 1.47 bits per heavy atom. The van der Waals surface area contributed by atoms with Crippen molar-refractivity contribution in [3.05, 3.63) is 66.6 Å². The highest BCUT2D eigenvalue weighted by atomic mass is 79.9. The number of imide groups is 1. The highest BCUT2D eigenvalue weighted by Crippen LogP contribution is 2.21. The number of anilines is 1. The lowest BCUT2D eigenvalue weighted by molar-refractivity contribution is -0.119. The van der Waals surface area contributed by atoms with Gasteiger partial charge in [-0.1, -0.05) is 29.1 Å². The smallest absolute Gasteiger partial charge is 0.258 e. The van der Waals surface area contributed by atoms with E-state index < -0.39 is 0 Å². The van der Waals surface area contributed by atoms with Gasteiger partial charge in [-0.15, -0.1) is 0 Å². The molecule has 0 bridgehead atoms. The van der Waals surface area contributed by atoms with Crippen LogP contribution in [0.2, 0.25) is 0 Å². The summed E-state index contributed by atoms with van der Waals surface area (Å²) in [7, 11) is 0. The van der Waals surface area contributed by atoms with E-state index >= 15 is 0 Å². The van der Waals surface area contributed by atoms with Gasteiger partial charge in [-0.25, -0.2) is 4.90 Å². The summed E-state index contributed by atoms with van der Waals surface area (Å²) < 4.78 is 5.27. The fraction of sp³-hybridized carbons (Fsp3) is 0. The lowest BCUT2D eigenvalue weighted by Crippen LogP contribution is -2.29. The van der Waals surface area contributed by atoms with Crippen LogP contribution in [0.4, 0.5) is 5.69 Å². The third-order valence-electron chi connectivity index (χ3n) is 2.09. The van der Waals surface area contributed by atoms with E-state index in [-0.39, 0.29) is 11.8 Å². The molecule has 1 heterocycles. The number of nitrogens with zero attached hydrogens (tertiary/aromatic N) is 1. The second kappa shape index (κ2) is 7.33. The minimum Gasteiger partial charge on any atom is -0.474 e. The quantitative estimate of drug-likeness (QED) is 0.634. The molecule has 1 aromatic rings. The number of hydrogen-bond donors (Lipinski definition) is 0. The summed E-state index contributed by atoms with van der Waals surface area (Å²) in [4.78, 5) is 23.7. The molecule has 0 spiro atoms. The Hall–Kier alpha value is -2.14. The minimum absolute atomic E-state index is 0.294. The molecule has 0 saturated heterocycles. The van der Waals surface area contributed by atoms with Crippen LogP contribution >= 0.6 is 15.9 Å². The van der Waals surface area contributed by atoms with Crippen molar-refractivity contribution in [1.82, 2.24) is 0 Å². The SMILES string of the molecule is C=COC=C.O=C1C=CC(=O)N1c1ccc(Br)cc1. The third kappa shape index (κ3) is 4.22. The Morgan fingerprint density at radius 3 is 1.84 bits per heavy atom. The summed E-state index contributed by atoms with van der Waals surface area (Å²) >= 11 is 3.28. The molecule has 0 atom stereocenters. The molecule has 0 aliphatic carbocycles. The van der Waals surface area contributed by atoms with Gasteiger partial charge in [0, 0.05) is 16.6 Å². The molecule has 0 fully saturated rings. The predicted molar refractivity (Wildman–Crippen MR) is 77.3 cm³/mol. The zero-order valence-electron chi connectivity index (χ0n) is 10.1. The maximum atomic E-state index is 11.3. The average Bonchev–Trinajstić information content (AvgIpc) is 2.72. The van der Waals surface area contributed by atoms with Gasteiger partial charge in [0.2, 0.25) is 0 Å². The lowest BCUT2D eigenvalue weighted by Gasteiger charge is -2.13. The third-order valence-corrected chi connectivity index (χ3v) is 2.62. The van der Waals surface area contributed by atoms with Gasteiger partial charge < -0.3 is 4.74 Å². The standard InChI is InChI=1S/C10H6BrNO2.C4H6O/c11-7-1-3-8(4-2-7)12-9(13)5-6-10(12)14;1-3-5-4-2/h1-6H;3-4H,1-2H2. The molecule has 0 aromatic heterocycles. The van der Waals surface area contributed by atoms with Gasteiger partial charge in [0.25, 0.3) is 11.8 Å². The summed E-state index contributed by atoms with van der Waals surface area (Å²) in [5.74, 6) is -0.588. The van der Waals surface area contributed by atoms with Crippen LogP contribution in [0.3, 0.4) is 0 Å². The Kier molecular flexibility index (Phi) is 5.75. The number of carbonyl (C=O) groups is 2. The summed E-state index contributed by atoms with van der Waals surface area (Å²) in [5, 5.41) is 0. The van der Waals surface area contributed by atoms with Crippen molar-refractivity contribution in [3.63, 3.8) is 0 Å². The van der Waals surface area contributed by atoms with Crippen molar-refractivity contribution < 1.29 is 14.3 Å². The van der Waals surface area contributed by atoms with Gasteiger partial charge in [0.15, 0.2) is 0 Å². The fourth-order valence-electron chi connectivity index (χ4n) is 1.31. The average molecular weight is 322 g/mol. The normalized spacial score (nSPS) is 12.8. The molecule has 0 saturated carbocycles. The van der Waals surface area contributed by atoms with Crippen molar-refractivity contribution in [2.24, 2.45) is 0 Å². The Morgan fingerprint density at radius 1 is 1.00 bits per heavy atom. The van der Waals surface area contributed by atoms with Gasteiger partial charge in [-0.3, -0.25) is 9.59 Å². The molecule has 4 nitrogen and oxygen atoms in total. The monoisotopic (exact) mass is 321 g/mol. The molecule has 0 N–H and O–H groups in total. The first-order valence-corrected chi connectivity index (χ1v) is 6.08. The van der Waals surface area contributed by atoms with Crippen LogP contribution in [0.5, 0.6) is 0 Å². The molecule has 0 unspecified atom stereocenters. The summed E-state index contributed by atoms with van der Waals surface area (Å²) in [6.07, 6.45) is 5.16. The Labute approximate surface area is 119 Å². The second-order valence-electron chi connectivity index (χ2n) is 3.29. The number of rotatable bonds is 3. The van der Waals surface area contributed by atoms with Crippen LogP contribution in [0.25, 0.3) is 0 Å². The van der Waals surface area contributed by atoms with E-state index in [1.165, 1.54) is 24.7 Å². The largest absolute Gasteiger partial charge is 0.474 e. The van der Waals surface area contributed by atoms with Gasteiger partial charge in [-0.05, 0) is 24.3 Å². The zero-order valence-corrected chi connectivity index (χ0v) is 11.7. The van der Waals surface area contributed by atoms with Gasteiger partial charge in [-0.2, -0.15) is 0 Å². The summed E-state index contributed by atoms with van der Waals surface area (Å²) in [6.45, 7) is 6.51. The number of halogens is 1. The van der Waals surface area contributed by atoms with Crippen molar-refractivity contribution in [1.29, 1.82) is 0 Å². The van der Waals surface area contributed by atoms with Crippen molar-refractivity contribution in [3.8, 4) is 0 Å². The summed E-state index contributed by atoms with van der Waals surface area (Å²) in [6, 6.07) is 7.00. The molecule has 1 aromatic carbocycles. The maximum Gasteiger partial charge on any atom is 0.258 e. The molecule has 5 heteroatoms. The van der Waals surface area contributed by atoms with E-state index in [9.17, 15) is 9.59 Å². The zero-order chi connectivity index (χ0) is 14.3. The first-order chi connectivity index (χ1) is 9.10. The Bertz CT molecular complexity index is 496. The molecule has 2 amide bonds. The number of benzene rings is 1. The van der Waals surface area contributed by atoms with Crippen LogP contribution < -0.4 is 4.90 Å². The molecule has 2 rings (SSSR count). The number of hydrogen-bond acceptors (Lipinski definition) is 3.